The van der Waals surface area contributed by atoms with E-state index in [0.717, 1.165) is 10.6 Å². The highest BCUT2D eigenvalue weighted by Gasteiger charge is 2.37. The molecule has 170 valence electrons. The average molecular weight is 487 g/mol. The summed E-state index contributed by atoms with van der Waals surface area (Å²) in [5.74, 6) is -0.927. The third-order valence-corrected chi connectivity index (χ3v) is 6.65. The molecule has 0 unspecified atom stereocenters. The lowest BCUT2D eigenvalue weighted by atomic mass is 10.2. The number of thioether (sulfide) groups is 1. The van der Waals surface area contributed by atoms with E-state index in [1.807, 2.05) is 30.3 Å². The number of halogens is 1. The van der Waals surface area contributed by atoms with Gasteiger partial charge < -0.3 is 9.80 Å². The number of piperazine rings is 1. The van der Waals surface area contributed by atoms with Crippen molar-refractivity contribution in [3.8, 4) is 0 Å². The van der Waals surface area contributed by atoms with Crippen LogP contribution >= 0.6 is 23.4 Å². The summed E-state index contributed by atoms with van der Waals surface area (Å²) in [7, 11) is 0. The predicted molar refractivity (Wildman–Crippen MR) is 126 cm³/mol. The lowest BCUT2D eigenvalue weighted by Gasteiger charge is -2.36. The van der Waals surface area contributed by atoms with Crippen molar-refractivity contribution < 1.29 is 19.3 Å². The Labute approximate surface area is 198 Å². The summed E-state index contributed by atoms with van der Waals surface area (Å²) < 4.78 is 0. The number of nitrogens with zero attached hydrogens (tertiary/aromatic N) is 4. The fourth-order valence-electron chi connectivity index (χ4n) is 3.62. The fraction of sp³-hybridized carbons (Fsp3) is 0.227. The van der Waals surface area contributed by atoms with E-state index in [-0.39, 0.29) is 33.6 Å². The molecular formula is C22H19ClN4O5S. The van der Waals surface area contributed by atoms with Crippen molar-refractivity contribution in [3.05, 3.63) is 74.1 Å². The molecule has 0 radical (unpaired) electrons. The van der Waals surface area contributed by atoms with Gasteiger partial charge in [0.15, 0.2) is 0 Å². The topological polar surface area (TPSA) is 104 Å². The van der Waals surface area contributed by atoms with Gasteiger partial charge in [0.2, 0.25) is 5.91 Å². The number of non-ortho nitro benzene ring substituents is 1. The van der Waals surface area contributed by atoms with E-state index in [1.165, 1.54) is 24.3 Å². The molecule has 0 aliphatic carbocycles. The van der Waals surface area contributed by atoms with Crippen molar-refractivity contribution >= 4 is 57.9 Å². The summed E-state index contributed by atoms with van der Waals surface area (Å²) in [6.45, 7) is 1.94. The van der Waals surface area contributed by atoms with Crippen LogP contribution in [0.4, 0.5) is 16.2 Å². The molecule has 2 heterocycles. The van der Waals surface area contributed by atoms with Crippen LogP contribution in [-0.4, -0.2) is 64.5 Å². The van der Waals surface area contributed by atoms with Crippen molar-refractivity contribution in [1.82, 2.24) is 9.80 Å². The Morgan fingerprint density at radius 1 is 1.09 bits per heavy atom. The highest BCUT2D eigenvalue weighted by Crippen LogP contribution is 2.34. The van der Waals surface area contributed by atoms with Crippen LogP contribution in [0.25, 0.3) is 6.08 Å². The normalized spacial score (nSPS) is 17.7. The number of para-hydroxylation sites is 1. The number of nitro groups is 1. The number of hydrogen-bond acceptors (Lipinski definition) is 7. The summed E-state index contributed by atoms with van der Waals surface area (Å²) in [5, 5.41) is 10.6. The summed E-state index contributed by atoms with van der Waals surface area (Å²) in [6.07, 6.45) is 1.34. The van der Waals surface area contributed by atoms with Gasteiger partial charge in [-0.25, -0.2) is 0 Å². The Balaban J connectivity index is 1.40. The molecule has 9 nitrogen and oxygen atoms in total. The zero-order chi connectivity index (χ0) is 23.5. The second kappa shape index (κ2) is 9.63. The van der Waals surface area contributed by atoms with E-state index in [4.69, 9.17) is 11.6 Å². The Morgan fingerprint density at radius 3 is 2.45 bits per heavy atom. The molecule has 0 bridgehead atoms. The van der Waals surface area contributed by atoms with Gasteiger partial charge in [0.05, 0.1) is 9.83 Å². The number of benzene rings is 2. The summed E-state index contributed by atoms with van der Waals surface area (Å²) in [6, 6.07) is 13.7. The van der Waals surface area contributed by atoms with Gasteiger partial charge >= 0.3 is 0 Å². The second-order valence-corrected chi connectivity index (χ2v) is 8.83. The average Bonchev–Trinajstić information content (AvgIpc) is 3.08. The quantitative estimate of drug-likeness (QED) is 0.361. The first-order valence-corrected chi connectivity index (χ1v) is 11.3. The number of imide groups is 1. The maximum Gasteiger partial charge on any atom is 0.294 e. The van der Waals surface area contributed by atoms with E-state index in [0.29, 0.717) is 37.9 Å². The molecule has 0 N–H and O–H groups in total. The molecule has 3 amide bonds. The van der Waals surface area contributed by atoms with Gasteiger partial charge in [0.25, 0.3) is 16.8 Å². The van der Waals surface area contributed by atoms with E-state index >= 15 is 0 Å². The minimum absolute atomic E-state index is 0.0593. The molecule has 2 aliphatic rings. The van der Waals surface area contributed by atoms with Crippen LogP contribution in [0.3, 0.4) is 0 Å². The minimum atomic E-state index is -0.621. The monoisotopic (exact) mass is 486 g/mol. The van der Waals surface area contributed by atoms with E-state index in [9.17, 15) is 24.5 Å². The Morgan fingerprint density at radius 2 is 1.79 bits per heavy atom. The van der Waals surface area contributed by atoms with Gasteiger partial charge in [-0.1, -0.05) is 29.8 Å². The van der Waals surface area contributed by atoms with Gasteiger partial charge in [-0.2, -0.15) is 0 Å². The van der Waals surface area contributed by atoms with Crippen LogP contribution in [-0.2, 0) is 9.59 Å². The molecule has 33 heavy (non-hydrogen) atoms. The fourth-order valence-corrected chi connectivity index (χ4v) is 4.62. The zero-order valence-electron chi connectivity index (χ0n) is 17.3. The highest BCUT2D eigenvalue weighted by atomic mass is 35.5. The largest absolute Gasteiger partial charge is 0.368 e. The lowest BCUT2D eigenvalue weighted by molar-refractivity contribution is -0.384. The Hall–Kier alpha value is -3.37. The molecule has 0 atom stereocenters. The minimum Gasteiger partial charge on any atom is -0.368 e. The smallest absolute Gasteiger partial charge is 0.294 e. The number of nitro benzene ring substituents is 1. The van der Waals surface area contributed by atoms with E-state index < -0.39 is 16.1 Å². The summed E-state index contributed by atoms with van der Waals surface area (Å²) >= 11 is 6.77. The Bertz CT molecular complexity index is 1150. The molecule has 4 rings (SSSR count). The van der Waals surface area contributed by atoms with Gasteiger partial charge in [-0.15, -0.1) is 0 Å². The van der Waals surface area contributed by atoms with Crippen LogP contribution in [0.15, 0.2) is 53.4 Å². The maximum atomic E-state index is 12.8. The third kappa shape index (κ3) is 5.01. The first-order valence-electron chi connectivity index (χ1n) is 10.1. The van der Waals surface area contributed by atoms with Crippen LogP contribution in [0, 0.1) is 10.1 Å². The van der Waals surface area contributed by atoms with Crippen LogP contribution in [0.5, 0.6) is 0 Å². The molecule has 0 saturated carbocycles. The number of amides is 3. The molecule has 2 aromatic rings. The van der Waals surface area contributed by atoms with Gasteiger partial charge in [-0.05, 0) is 36.0 Å². The first kappa shape index (κ1) is 22.8. The number of rotatable bonds is 5. The van der Waals surface area contributed by atoms with Gasteiger partial charge in [-0.3, -0.25) is 29.4 Å². The van der Waals surface area contributed by atoms with Gasteiger partial charge in [0.1, 0.15) is 6.54 Å². The molecule has 0 spiro atoms. The van der Waals surface area contributed by atoms with Gasteiger partial charge in [0, 0.05) is 54.6 Å². The number of carbonyl (C=O) groups excluding carboxylic acids is 3. The molecule has 2 saturated heterocycles. The lowest BCUT2D eigenvalue weighted by Crippen LogP contribution is -2.51. The van der Waals surface area contributed by atoms with Crippen LogP contribution < -0.4 is 4.90 Å². The van der Waals surface area contributed by atoms with E-state index in [2.05, 4.69) is 4.90 Å². The highest BCUT2D eigenvalue weighted by molar-refractivity contribution is 8.18. The van der Waals surface area contributed by atoms with Crippen molar-refractivity contribution in [2.24, 2.45) is 0 Å². The number of anilines is 1. The summed E-state index contributed by atoms with van der Waals surface area (Å²) in [4.78, 5) is 53.1. The first-order chi connectivity index (χ1) is 15.8. The van der Waals surface area contributed by atoms with Crippen LogP contribution in [0.1, 0.15) is 5.56 Å². The van der Waals surface area contributed by atoms with Crippen molar-refractivity contribution in [2.75, 3.05) is 37.6 Å². The molecule has 2 aromatic carbocycles. The van der Waals surface area contributed by atoms with Crippen LogP contribution in [0.2, 0.25) is 5.02 Å². The molecule has 2 fully saturated rings. The Kier molecular flexibility index (Phi) is 6.66. The maximum absolute atomic E-state index is 12.8. The standard InChI is InChI=1S/C22H19ClN4O5S/c23-18-7-6-17(27(31)32)12-15(18)13-19-21(29)26(22(30)33-19)14-20(28)25-10-8-24(9-11-25)16-4-2-1-3-5-16/h1-7,12-13H,8-11,14H2/b19-13+. The SMILES string of the molecule is O=C(CN1C(=O)S/C(=C/c2cc([N+](=O)[O-])ccc2Cl)C1=O)N1CCN(c2ccccc2)CC1. The molecule has 2 aliphatic heterocycles. The second-order valence-electron chi connectivity index (χ2n) is 7.43. The molecular weight excluding hydrogens is 468 g/mol. The zero-order valence-corrected chi connectivity index (χ0v) is 18.9. The van der Waals surface area contributed by atoms with E-state index in [1.54, 1.807) is 4.90 Å². The number of carbonyl (C=O) groups is 3. The number of hydrogen-bond donors (Lipinski definition) is 0. The molecule has 11 heteroatoms. The van der Waals surface area contributed by atoms with Crippen molar-refractivity contribution in [1.29, 1.82) is 0 Å². The predicted octanol–water partition coefficient (Wildman–Crippen LogP) is 3.63. The van der Waals surface area contributed by atoms with Crippen molar-refractivity contribution in [2.45, 2.75) is 0 Å². The van der Waals surface area contributed by atoms with Crippen molar-refractivity contribution in [3.63, 3.8) is 0 Å². The molecule has 0 aromatic heterocycles. The third-order valence-electron chi connectivity index (χ3n) is 5.40. The summed E-state index contributed by atoms with van der Waals surface area (Å²) in [5.41, 5.74) is 1.15.